The molecule has 0 aliphatic carbocycles. The molecule has 3 aromatic rings. The molecule has 2 aromatic heterocycles. The van der Waals surface area contributed by atoms with Crippen LogP contribution in [0.3, 0.4) is 0 Å². The number of rotatable bonds is 8. The Hall–Kier alpha value is -2.88. The summed E-state index contributed by atoms with van der Waals surface area (Å²) in [6.45, 7) is 7.42. The highest BCUT2D eigenvalue weighted by atomic mass is 32.1. The van der Waals surface area contributed by atoms with E-state index in [1.54, 1.807) is 24.3 Å². The number of aryl methyl sites for hydroxylation is 3. The zero-order chi connectivity index (χ0) is 25.3. The zero-order valence-electron chi connectivity index (χ0n) is 20.3. The normalized spacial score (nSPS) is 21.0. The number of aliphatic hydroxyl groups is 2. The predicted molar refractivity (Wildman–Crippen MR) is 132 cm³/mol. The molecule has 1 aromatic carbocycles. The van der Waals surface area contributed by atoms with Crippen LogP contribution in [0.4, 0.5) is 0 Å². The van der Waals surface area contributed by atoms with Gasteiger partial charge in [0.05, 0.1) is 34.4 Å². The lowest BCUT2D eigenvalue weighted by atomic mass is 9.90. The largest absolute Gasteiger partial charge is 0.388 e. The minimum Gasteiger partial charge on any atom is -0.388 e. The molecule has 8 nitrogen and oxygen atoms in total. The van der Waals surface area contributed by atoms with Gasteiger partial charge in [-0.1, -0.05) is 43.3 Å². The van der Waals surface area contributed by atoms with E-state index >= 15 is 0 Å². The van der Waals surface area contributed by atoms with Gasteiger partial charge in [0.2, 0.25) is 5.91 Å². The van der Waals surface area contributed by atoms with E-state index < -0.39 is 24.2 Å². The molecule has 4 rings (SSSR count). The van der Waals surface area contributed by atoms with Crippen LogP contribution < -0.4 is 0 Å². The number of β-amino-alcohol motifs (C(OH)–C–C–N with tert-alkyl or cyclic N) is 1. The summed E-state index contributed by atoms with van der Waals surface area (Å²) in [5.74, 6) is -0.996. The van der Waals surface area contributed by atoms with Crippen molar-refractivity contribution in [2.75, 3.05) is 6.54 Å². The van der Waals surface area contributed by atoms with Gasteiger partial charge in [-0.3, -0.25) is 9.59 Å². The van der Waals surface area contributed by atoms with Crippen molar-refractivity contribution >= 4 is 23.0 Å². The summed E-state index contributed by atoms with van der Waals surface area (Å²) in [5, 5.41) is 24.8. The van der Waals surface area contributed by atoms with Crippen molar-refractivity contribution in [1.29, 1.82) is 0 Å². The molecule has 0 spiro atoms. The minimum atomic E-state index is -1.33. The molecule has 2 N–H and O–H groups in total. The van der Waals surface area contributed by atoms with Crippen LogP contribution in [0.15, 0.2) is 40.4 Å². The Morgan fingerprint density at radius 2 is 1.91 bits per heavy atom. The second-order valence-electron chi connectivity index (χ2n) is 9.52. The predicted octanol–water partition coefficient (Wildman–Crippen LogP) is 3.29. The Balaban J connectivity index is 1.47. The number of aromatic nitrogens is 2. The number of amides is 1. The Labute approximate surface area is 208 Å². The van der Waals surface area contributed by atoms with Crippen LogP contribution in [0, 0.1) is 19.8 Å². The number of hydrogen-bond donors (Lipinski definition) is 2. The molecule has 4 atom stereocenters. The van der Waals surface area contributed by atoms with Gasteiger partial charge in [0.25, 0.3) is 0 Å². The van der Waals surface area contributed by atoms with E-state index in [1.807, 2.05) is 50.5 Å². The maximum atomic E-state index is 13.5. The highest BCUT2D eigenvalue weighted by Crippen LogP contribution is 2.32. The van der Waals surface area contributed by atoms with Crippen LogP contribution in [-0.4, -0.2) is 61.7 Å². The van der Waals surface area contributed by atoms with Crippen LogP contribution in [0.5, 0.6) is 0 Å². The molecule has 35 heavy (non-hydrogen) atoms. The summed E-state index contributed by atoms with van der Waals surface area (Å²) in [5.41, 5.74) is 5.51. The van der Waals surface area contributed by atoms with Crippen molar-refractivity contribution in [2.24, 2.45) is 5.92 Å². The average Bonchev–Trinajstić information content (AvgIpc) is 3.52. The monoisotopic (exact) mass is 497 g/mol. The third-order valence-electron chi connectivity index (χ3n) is 6.56. The molecule has 1 aliphatic rings. The Kier molecular flexibility index (Phi) is 7.49. The minimum absolute atomic E-state index is 0.102. The Bertz CT molecular complexity index is 1190. The number of thiazole rings is 1. The Morgan fingerprint density at radius 1 is 1.20 bits per heavy atom. The zero-order valence-corrected chi connectivity index (χ0v) is 21.2. The van der Waals surface area contributed by atoms with Gasteiger partial charge >= 0.3 is 0 Å². The van der Waals surface area contributed by atoms with Gasteiger partial charge in [0.15, 0.2) is 5.78 Å². The van der Waals surface area contributed by atoms with Gasteiger partial charge in [-0.05, 0) is 37.3 Å². The van der Waals surface area contributed by atoms with E-state index in [1.165, 1.54) is 4.90 Å². The first-order valence-corrected chi connectivity index (χ1v) is 12.7. The van der Waals surface area contributed by atoms with Crippen LogP contribution in [0.25, 0.3) is 10.4 Å². The van der Waals surface area contributed by atoms with Crippen molar-refractivity contribution in [3.05, 3.63) is 58.6 Å². The van der Waals surface area contributed by atoms with E-state index in [9.17, 15) is 19.8 Å². The molecule has 1 fully saturated rings. The molecule has 186 valence electrons. The van der Waals surface area contributed by atoms with Gasteiger partial charge in [-0.15, -0.1) is 11.3 Å². The van der Waals surface area contributed by atoms with Crippen molar-refractivity contribution in [3.8, 4) is 10.4 Å². The summed E-state index contributed by atoms with van der Waals surface area (Å²) in [6.07, 6.45) is -1.89. The van der Waals surface area contributed by atoms with E-state index in [4.69, 9.17) is 4.52 Å². The number of nitrogens with zero attached hydrogens (tertiary/aromatic N) is 3. The van der Waals surface area contributed by atoms with E-state index in [0.29, 0.717) is 17.9 Å². The summed E-state index contributed by atoms with van der Waals surface area (Å²) in [7, 11) is 0. The second kappa shape index (κ2) is 10.4. The van der Waals surface area contributed by atoms with Crippen molar-refractivity contribution in [3.63, 3.8) is 0 Å². The summed E-state index contributed by atoms with van der Waals surface area (Å²) < 4.78 is 5.36. The molecule has 0 bridgehead atoms. The second-order valence-corrected chi connectivity index (χ2v) is 10.4. The third-order valence-corrected chi connectivity index (χ3v) is 7.54. The molecule has 0 saturated carbocycles. The van der Waals surface area contributed by atoms with E-state index in [2.05, 4.69) is 10.1 Å². The fraction of sp³-hybridized carbons (Fsp3) is 0.462. The highest BCUT2D eigenvalue weighted by molar-refractivity contribution is 7.13. The maximum Gasteiger partial charge on any atom is 0.234 e. The number of hydrogen-bond acceptors (Lipinski definition) is 8. The van der Waals surface area contributed by atoms with E-state index in [0.717, 1.165) is 21.7 Å². The third kappa shape index (κ3) is 5.22. The molecular weight excluding hydrogens is 466 g/mol. The first-order chi connectivity index (χ1) is 16.7. The van der Waals surface area contributed by atoms with Gasteiger partial charge in [0.1, 0.15) is 23.8 Å². The number of carbonyl (C=O) groups excluding carboxylic acids is 2. The van der Waals surface area contributed by atoms with Crippen molar-refractivity contribution in [1.82, 2.24) is 15.0 Å². The van der Waals surface area contributed by atoms with Gasteiger partial charge in [-0.25, -0.2) is 4.98 Å². The van der Waals surface area contributed by atoms with Crippen LogP contribution in [-0.2, 0) is 16.0 Å². The van der Waals surface area contributed by atoms with Crippen molar-refractivity contribution < 1.29 is 24.3 Å². The summed E-state index contributed by atoms with van der Waals surface area (Å²) in [6, 6.07) is 8.59. The lowest BCUT2D eigenvalue weighted by Crippen LogP contribution is -2.47. The molecule has 1 amide bonds. The molecule has 3 heterocycles. The lowest BCUT2D eigenvalue weighted by molar-refractivity contribution is -0.142. The molecule has 0 unspecified atom stereocenters. The maximum absolute atomic E-state index is 13.5. The number of aliphatic hydroxyl groups excluding tert-OH is 2. The molecular formula is C26H31N3O5S. The number of likely N-dealkylation sites (tertiary alicyclic amines) is 1. The summed E-state index contributed by atoms with van der Waals surface area (Å²) in [4.78, 5) is 33.4. The number of Topliss-reactive ketones (excluding diaryl/α,β-unsaturated/α-hetero) is 1. The topological polar surface area (TPSA) is 117 Å². The first-order valence-electron chi connectivity index (χ1n) is 11.8. The fourth-order valence-electron chi connectivity index (χ4n) is 4.67. The lowest BCUT2D eigenvalue weighted by Gasteiger charge is -2.29. The smallest absolute Gasteiger partial charge is 0.234 e. The quantitative estimate of drug-likeness (QED) is 0.490. The Morgan fingerprint density at radius 3 is 2.49 bits per heavy atom. The van der Waals surface area contributed by atoms with Crippen molar-refractivity contribution in [2.45, 2.75) is 64.7 Å². The van der Waals surface area contributed by atoms with Crippen LogP contribution in [0.2, 0.25) is 0 Å². The molecule has 1 aliphatic heterocycles. The molecule has 0 radical (unpaired) electrons. The van der Waals surface area contributed by atoms with Gasteiger partial charge in [0, 0.05) is 12.5 Å². The van der Waals surface area contributed by atoms with Gasteiger partial charge < -0.3 is 19.6 Å². The number of carbonyl (C=O) groups is 2. The SMILES string of the molecule is Cc1cc([C@H](C(=O)N2C[C@H](O)[C@H](O)[C@H]2C(=O)CCc2ccc(-c3scnc3C)cc2)C(C)C)on1. The average molecular weight is 498 g/mol. The standard InChI is InChI=1S/C26H31N3O5S/c1-14(2)22(21-11-15(3)28-34-21)26(33)29-12-20(31)24(32)23(29)19(30)10-7-17-5-8-18(9-6-17)25-16(4)27-13-35-25/h5-6,8-9,11,13-14,20,22-24,31-32H,7,10,12H2,1-4H3/t20-,22+,23+,24-/m0/s1. The first kappa shape index (κ1) is 25.2. The fourth-order valence-corrected chi connectivity index (χ4v) is 5.48. The molecule has 9 heteroatoms. The van der Waals surface area contributed by atoms with Crippen LogP contribution >= 0.6 is 11.3 Å². The number of benzene rings is 1. The molecule has 1 saturated heterocycles. The number of ketones is 1. The summed E-state index contributed by atoms with van der Waals surface area (Å²) >= 11 is 1.59. The van der Waals surface area contributed by atoms with Gasteiger partial charge in [-0.2, -0.15) is 0 Å². The highest BCUT2D eigenvalue weighted by Gasteiger charge is 2.48. The van der Waals surface area contributed by atoms with E-state index in [-0.39, 0.29) is 30.6 Å². The van der Waals surface area contributed by atoms with Crippen LogP contribution in [0.1, 0.15) is 48.9 Å².